The Morgan fingerprint density at radius 2 is 2.08 bits per heavy atom. The van der Waals surface area contributed by atoms with Crippen LogP contribution in [0.1, 0.15) is 32.6 Å². The zero-order valence-corrected chi connectivity index (χ0v) is 7.96. The van der Waals surface area contributed by atoms with E-state index >= 15 is 0 Å². The molecule has 0 N–H and O–H groups in total. The van der Waals surface area contributed by atoms with E-state index in [2.05, 4.69) is 11.8 Å². The van der Waals surface area contributed by atoms with E-state index < -0.39 is 0 Å². The van der Waals surface area contributed by atoms with Crippen molar-refractivity contribution in [3.05, 3.63) is 0 Å². The van der Waals surface area contributed by atoms with Gasteiger partial charge in [0.2, 0.25) is 0 Å². The Morgan fingerprint density at radius 1 is 1.42 bits per heavy atom. The largest absolute Gasteiger partial charge is 0.304 e. The molecule has 1 heterocycles. The summed E-state index contributed by atoms with van der Waals surface area (Å²) in [6.07, 6.45) is 5.51. The van der Waals surface area contributed by atoms with Crippen LogP contribution >= 0.6 is 0 Å². The third kappa shape index (κ3) is 2.94. The Morgan fingerprint density at radius 3 is 2.58 bits per heavy atom. The summed E-state index contributed by atoms with van der Waals surface area (Å²) in [5.41, 5.74) is 0. The van der Waals surface area contributed by atoms with Crippen LogP contribution in [0.5, 0.6) is 0 Å². The van der Waals surface area contributed by atoms with Crippen LogP contribution in [0.15, 0.2) is 0 Å². The Balaban J connectivity index is 2.12. The molecular weight excluding hydrogens is 150 g/mol. The number of carbonyl (C=O) groups is 1. The summed E-state index contributed by atoms with van der Waals surface area (Å²) >= 11 is 0. The molecule has 0 amide bonds. The van der Waals surface area contributed by atoms with E-state index in [9.17, 15) is 4.79 Å². The van der Waals surface area contributed by atoms with Crippen molar-refractivity contribution in [1.82, 2.24) is 4.90 Å². The summed E-state index contributed by atoms with van der Waals surface area (Å²) in [6, 6.07) is 0. The van der Waals surface area contributed by atoms with E-state index in [0.717, 1.165) is 25.0 Å². The summed E-state index contributed by atoms with van der Waals surface area (Å²) in [5, 5.41) is 0. The first-order valence-corrected chi connectivity index (χ1v) is 5.02. The van der Waals surface area contributed by atoms with E-state index in [1.165, 1.54) is 32.5 Å². The minimum absolute atomic E-state index is 0.761. The van der Waals surface area contributed by atoms with Crippen LogP contribution < -0.4 is 0 Å². The molecule has 0 aromatic carbocycles. The van der Waals surface area contributed by atoms with Crippen molar-refractivity contribution >= 4 is 6.29 Å². The van der Waals surface area contributed by atoms with Crippen molar-refractivity contribution in [3.8, 4) is 0 Å². The van der Waals surface area contributed by atoms with Crippen LogP contribution in [0.4, 0.5) is 0 Å². The number of piperidine rings is 1. The third-order valence-electron chi connectivity index (χ3n) is 2.85. The average Bonchev–Trinajstić information content (AvgIpc) is 2.15. The van der Waals surface area contributed by atoms with Crippen molar-refractivity contribution in [2.24, 2.45) is 5.92 Å². The van der Waals surface area contributed by atoms with Gasteiger partial charge in [-0.05, 0) is 44.8 Å². The molecule has 1 fully saturated rings. The number of carbonyl (C=O) groups excluding carboxylic acids is 1. The maximum atomic E-state index is 10.2. The maximum Gasteiger partial charge on any atom is 0.120 e. The van der Waals surface area contributed by atoms with Gasteiger partial charge in [0.05, 0.1) is 0 Å². The summed E-state index contributed by atoms with van der Waals surface area (Å²) in [5.74, 6) is 0.818. The highest BCUT2D eigenvalue weighted by Gasteiger charge is 2.16. The van der Waals surface area contributed by atoms with Gasteiger partial charge >= 0.3 is 0 Å². The van der Waals surface area contributed by atoms with E-state index in [1.807, 2.05) is 0 Å². The highest BCUT2D eigenvalue weighted by molar-refractivity contribution is 5.49. The fraction of sp³-hybridized carbons (Fsp3) is 0.900. The fourth-order valence-electron chi connectivity index (χ4n) is 1.90. The van der Waals surface area contributed by atoms with Gasteiger partial charge in [-0.15, -0.1) is 0 Å². The van der Waals surface area contributed by atoms with E-state index in [-0.39, 0.29) is 0 Å². The number of hydrogen-bond donors (Lipinski definition) is 0. The summed E-state index contributed by atoms with van der Waals surface area (Å²) in [7, 11) is 0. The van der Waals surface area contributed by atoms with Crippen LogP contribution in [0.3, 0.4) is 0 Å². The van der Waals surface area contributed by atoms with Crippen molar-refractivity contribution in [1.29, 1.82) is 0 Å². The third-order valence-corrected chi connectivity index (χ3v) is 2.85. The van der Waals surface area contributed by atoms with Crippen LogP contribution in [-0.2, 0) is 4.79 Å². The van der Waals surface area contributed by atoms with Crippen LogP contribution in [0.2, 0.25) is 0 Å². The minimum atomic E-state index is 0.761. The number of rotatable bonds is 4. The Kier molecular flexibility index (Phi) is 4.30. The summed E-state index contributed by atoms with van der Waals surface area (Å²) in [4.78, 5) is 12.6. The standard InChI is InChI=1S/C10H19NO/c1-2-11-7-5-10(6-8-11)4-3-9-12/h9-10H,2-8H2,1H3. The summed E-state index contributed by atoms with van der Waals surface area (Å²) < 4.78 is 0. The molecule has 0 aromatic heterocycles. The van der Waals surface area contributed by atoms with Gasteiger partial charge in [0.25, 0.3) is 0 Å². The Hall–Kier alpha value is -0.370. The monoisotopic (exact) mass is 169 g/mol. The first-order chi connectivity index (χ1) is 5.86. The molecule has 12 heavy (non-hydrogen) atoms. The molecule has 0 unspecified atom stereocenters. The molecule has 1 rings (SSSR count). The molecule has 0 bridgehead atoms. The van der Waals surface area contributed by atoms with Crippen LogP contribution in [0.25, 0.3) is 0 Å². The smallest absolute Gasteiger partial charge is 0.120 e. The number of aldehydes is 1. The molecule has 2 heteroatoms. The first-order valence-electron chi connectivity index (χ1n) is 5.02. The quantitative estimate of drug-likeness (QED) is 0.597. The highest BCUT2D eigenvalue weighted by atomic mass is 16.1. The van der Waals surface area contributed by atoms with Gasteiger partial charge in [-0.2, -0.15) is 0 Å². The molecule has 2 nitrogen and oxygen atoms in total. The van der Waals surface area contributed by atoms with Gasteiger partial charge in [-0.3, -0.25) is 0 Å². The zero-order chi connectivity index (χ0) is 8.81. The molecule has 70 valence electrons. The summed E-state index contributed by atoms with van der Waals surface area (Å²) in [6.45, 7) is 5.87. The molecule has 0 aromatic rings. The lowest BCUT2D eigenvalue weighted by atomic mass is 9.92. The SMILES string of the molecule is CCN1CCC(CCC=O)CC1. The molecule has 0 radical (unpaired) electrons. The van der Waals surface area contributed by atoms with Gasteiger partial charge in [-0.1, -0.05) is 6.92 Å². The lowest BCUT2D eigenvalue weighted by Gasteiger charge is -2.30. The normalized spacial score (nSPS) is 21.1. The van der Waals surface area contributed by atoms with Gasteiger partial charge in [0, 0.05) is 6.42 Å². The van der Waals surface area contributed by atoms with Gasteiger partial charge in [-0.25, -0.2) is 0 Å². The second kappa shape index (κ2) is 5.31. The van der Waals surface area contributed by atoms with E-state index in [1.54, 1.807) is 0 Å². The fourth-order valence-corrected chi connectivity index (χ4v) is 1.90. The molecule has 1 saturated heterocycles. The molecule has 1 aliphatic heterocycles. The molecule has 1 aliphatic rings. The molecule has 0 spiro atoms. The zero-order valence-electron chi connectivity index (χ0n) is 7.96. The van der Waals surface area contributed by atoms with Crippen molar-refractivity contribution in [3.63, 3.8) is 0 Å². The van der Waals surface area contributed by atoms with Crippen molar-refractivity contribution in [2.45, 2.75) is 32.6 Å². The van der Waals surface area contributed by atoms with E-state index in [0.29, 0.717) is 0 Å². The van der Waals surface area contributed by atoms with Gasteiger partial charge in [0.15, 0.2) is 0 Å². The van der Waals surface area contributed by atoms with Crippen LogP contribution in [0, 0.1) is 5.92 Å². The van der Waals surface area contributed by atoms with Crippen LogP contribution in [-0.4, -0.2) is 30.8 Å². The molecule has 0 saturated carbocycles. The van der Waals surface area contributed by atoms with E-state index in [4.69, 9.17) is 0 Å². The highest BCUT2D eigenvalue weighted by Crippen LogP contribution is 2.20. The predicted octanol–water partition coefficient (Wildman–Crippen LogP) is 1.70. The lowest BCUT2D eigenvalue weighted by molar-refractivity contribution is -0.108. The molecule has 0 atom stereocenters. The second-order valence-electron chi connectivity index (χ2n) is 3.62. The molecular formula is C10H19NO. The Labute approximate surface area is 74.9 Å². The number of likely N-dealkylation sites (tertiary alicyclic amines) is 1. The number of hydrogen-bond acceptors (Lipinski definition) is 2. The van der Waals surface area contributed by atoms with Crippen molar-refractivity contribution in [2.75, 3.05) is 19.6 Å². The van der Waals surface area contributed by atoms with Gasteiger partial charge in [0.1, 0.15) is 6.29 Å². The average molecular weight is 169 g/mol. The first kappa shape index (κ1) is 9.72. The van der Waals surface area contributed by atoms with Crippen molar-refractivity contribution < 1.29 is 4.79 Å². The predicted molar refractivity (Wildman–Crippen MR) is 50.1 cm³/mol. The van der Waals surface area contributed by atoms with Gasteiger partial charge < -0.3 is 9.69 Å². The minimum Gasteiger partial charge on any atom is -0.304 e. The molecule has 0 aliphatic carbocycles. The number of nitrogens with zero attached hydrogens (tertiary/aromatic N) is 1. The lowest BCUT2D eigenvalue weighted by Crippen LogP contribution is -2.33. The maximum absolute atomic E-state index is 10.2. The second-order valence-corrected chi connectivity index (χ2v) is 3.62. The Bertz CT molecular complexity index is 128. The topological polar surface area (TPSA) is 20.3 Å².